The van der Waals surface area contributed by atoms with E-state index in [9.17, 15) is 4.79 Å². The zero-order chi connectivity index (χ0) is 14.2. The zero-order valence-corrected chi connectivity index (χ0v) is 12.2. The first-order valence-corrected chi connectivity index (χ1v) is 6.74. The van der Waals surface area contributed by atoms with E-state index in [0.29, 0.717) is 19.0 Å². The summed E-state index contributed by atoms with van der Waals surface area (Å²) >= 11 is 0. The van der Waals surface area contributed by atoms with Crippen molar-refractivity contribution < 1.29 is 4.79 Å². The number of benzene rings is 1. The lowest BCUT2D eigenvalue weighted by molar-refractivity contribution is 0.194. The van der Waals surface area contributed by atoms with Crippen molar-refractivity contribution in [2.75, 3.05) is 31.6 Å². The quantitative estimate of drug-likeness (QED) is 0.886. The van der Waals surface area contributed by atoms with Gasteiger partial charge < -0.3 is 10.6 Å². The summed E-state index contributed by atoms with van der Waals surface area (Å²) in [7, 11) is 1.84. The van der Waals surface area contributed by atoms with Gasteiger partial charge in [0.15, 0.2) is 0 Å². The van der Waals surface area contributed by atoms with Crippen LogP contribution in [0.4, 0.5) is 10.5 Å². The van der Waals surface area contributed by atoms with Crippen LogP contribution in [-0.4, -0.2) is 37.6 Å². The molecule has 1 saturated heterocycles. The van der Waals surface area contributed by atoms with Crippen molar-refractivity contribution in [1.82, 2.24) is 4.90 Å². The van der Waals surface area contributed by atoms with E-state index in [2.05, 4.69) is 32.9 Å². The number of aryl methyl sites for hydroxylation is 3. The van der Waals surface area contributed by atoms with Crippen molar-refractivity contribution in [1.29, 1.82) is 0 Å². The van der Waals surface area contributed by atoms with Crippen LogP contribution in [0.2, 0.25) is 0 Å². The molecule has 0 saturated carbocycles. The van der Waals surface area contributed by atoms with Crippen LogP contribution in [0.25, 0.3) is 0 Å². The molecular weight excluding hydrogens is 238 g/mol. The van der Waals surface area contributed by atoms with E-state index in [1.54, 1.807) is 4.90 Å². The fraction of sp³-hybridized carbons (Fsp3) is 0.533. The van der Waals surface area contributed by atoms with Crippen LogP contribution in [0.15, 0.2) is 12.1 Å². The molecule has 2 rings (SSSR count). The molecule has 1 aromatic carbocycles. The molecule has 1 fully saturated rings. The van der Waals surface area contributed by atoms with Crippen molar-refractivity contribution >= 4 is 11.7 Å². The van der Waals surface area contributed by atoms with Crippen molar-refractivity contribution in [3.05, 3.63) is 28.8 Å². The molecule has 2 N–H and O–H groups in total. The Morgan fingerprint density at radius 2 is 1.79 bits per heavy atom. The molecule has 1 aliphatic heterocycles. The number of carbonyl (C=O) groups is 1. The number of urea groups is 1. The number of hydrogen-bond donors (Lipinski definition) is 1. The first-order chi connectivity index (χ1) is 8.93. The van der Waals surface area contributed by atoms with Gasteiger partial charge in [-0.25, -0.2) is 4.79 Å². The van der Waals surface area contributed by atoms with E-state index < -0.39 is 0 Å². The third kappa shape index (κ3) is 2.59. The predicted molar refractivity (Wildman–Crippen MR) is 78.6 cm³/mol. The van der Waals surface area contributed by atoms with Gasteiger partial charge in [0.05, 0.1) is 5.69 Å². The molecule has 1 aromatic rings. The second-order valence-electron chi connectivity index (χ2n) is 5.62. The molecule has 0 spiro atoms. The molecule has 19 heavy (non-hydrogen) atoms. The third-order valence-electron chi connectivity index (χ3n) is 3.77. The summed E-state index contributed by atoms with van der Waals surface area (Å²) in [6.07, 6.45) is 0. The van der Waals surface area contributed by atoms with Crippen molar-refractivity contribution in [3.63, 3.8) is 0 Å². The number of rotatable bonds is 2. The van der Waals surface area contributed by atoms with E-state index in [-0.39, 0.29) is 6.03 Å². The number of nitrogens with two attached hydrogens (primary N) is 1. The standard InChI is InChI=1S/C15H23N3O/c1-10-5-11(2)14(12(3)6-10)18-9-13(7-16)8-17(4)15(18)19/h5-6,13H,7-9,16H2,1-4H3. The molecule has 1 heterocycles. The lowest BCUT2D eigenvalue weighted by atomic mass is 10.0. The van der Waals surface area contributed by atoms with Gasteiger partial charge in [0.25, 0.3) is 0 Å². The highest BCUT2D eigenvalue weighted by Gasteiger charge is 2.31. The maximum absolute atomic E-state index is 12.4. The Kier molecular flexibility index (Phi) is 3.80. The van der Waals surface area contributed by atoms with E-state index >= 15 is 0 Å². The van der Waals surface area contributed by atoms with Gasteiger partial charge in [-0.3, -0.25) is 4.90 Å². The van der Waals surface area contributed by atoms with Crippen LogP contribution in [0.3, 0.4) is 0 Å². The minimum atomic E-state index is 0.0692. The van der Waals surface area contributed by atoms with E-state index in [1.165, 1.54) is 5.56 Å². The monoisotopic (exact) mass is 261 g/mol. The molecule has 0 bridgehead atoms. The number of anilines is 1. The van der Waals surface area contributed by atoms with Crippen LogP contribution in [-0.2, 0) is 0 Å². The molecule has 0 aliphatic carbocycles. The average Bonchev–Trinajstić information content (AvgIpc) is 2.32. The summed E-state index contributed by atoms with van der Waals surface area (Å²) in [6, 6.07) is 4.32. The van der Waals surface area contributed by atoms with Crippen LogP contribution in [0.5, 0.6) is 0 Å². The van der Waals surface area contributed by atoms with Crippen molar-refractivity contribution in [2.24, 2.45) is 11.7 Å². The minimum absolute atomic E-state index is 0.0692. The lowest BCUT2D eigenvalue weighted by Crippen LogP contribution is -2.54. The Hall–Kier alpha value is -1.55. The Balaban J connectivity index is 2.42. The maximum atomic E-state index is 12.4. The molecule has 1 unspecified atom stereocenters. The van der Waals surface area contributed by atoms with E-state index in [0.717, 1.165) is 23.4 Å². The summed E-state index contributed by atoms with van der Waals surface area (Å²) in [5.41, 5.74) is 10.4. The first-order valence-electron chi connectivity index (χ1n) is 6.74. The fourth-order valence-corrected chi connectivity index (χ4v) is 3.00. The molecule has 2 amide bonds. The third-order valence-corrected chi connectivity index (χ3v) is 3.77. The highest BCUT2D eigenvalue weighted by atomic mass is 16.2. The number of amides is 2. The van der Waals surface area contributed by atoms with E-state index in [4.69, 9.17) is 5.73 Å². The smallest absolute Gasteiger partial charge is 0.324 e. The van der Waals surface area contributed by atoms with Gasteiger partial charge in [-0.2, -0.15) is 0 Å². The van der Waals surface area contributed by atoms with Gasteiger partial charge in [0, 0.05) is 26.1 Å². The molecule has 0 radical (unpaired) electrons. The average molecular weight is 261 g/mol. The van der Waals surface area contributed by atoms with Crippen molar-refractivity contribution in [3.8, 4) is 0 Å². The SMILES string of the molecule is Cc1cc(C)c(N2CC(CN)CN(C)C2=O)c(C)c1. The van der Waals surface area contributed by atoms with Gasteiger partial charge in [-0.1, -0.05) is 17.7 Å². The number of nitrogens with zero attached hydrogens (tertiary/aromatic N) is 2. The van der Waals surface area contributed by atoms with Crippen molar-refractivity contribution in [2.45, 2.75) is 20.8 Å². The van der Waals surface area contributed by atoms with Gasteiger partial charge in [0.2, 0.25) is 0 Å². The van der Waals surface area contributed by atoms with Gasteiger partial charge in [-0.15, -0.1) is 0 Å². The molecule has 104 valence electrons. The summed E-state index contributed by atoms with van der Waals surface area (Å²) < 4.78 is 0. The summed E-state index contributed by atoms with van der Waals surface area (Å²) in [6.45, 7) is 8.28. The molecule has 1 aliphatic rings. The molecule has 4 nitrogen and oxygen atoms in total. The predicted octanol–water partition coefficient (Wildman–Crippen LogP) is 2.06. The van der Waals surface area contributed by atoms with E-state index in [1.807, 2.05) is 11.9 Å². The van der Waals surface area contributed by atoms with Crippen LogP contribution in [0.1, 0.15) is 16.7 Å². The van der Waals surface area contributed by atoms with Crippen LogP contribution >= 0.6 is 0 Å². The molecule has 1 atom stereocenters. The van der Waals surface area contributed by atoms with Gasteiger partial charge >= 0.3 is 6.03 Å². The second-order valence-corrected chi connectivity index (χ2v) is 5.62. The fourth-order valence-electron chi connectivity index (χ4n) is 3.00. The van der Waals surface area contributed by atoms with Crippen LogP contribution in [0, 0.1) is 26.7 Å². The normalized spacial score (nSPS) is 20.1. The first kappa shape index (κ1) is 13.9. The highest BCUT2D eigenvalue weighted by molar-refractivity contribution is 5.94. The Bertz CT molecular complexity index is 475. The molecule has 0 aromatic heterocycles. The Labute approximate surface area is 115 Å². The highest BCUT2D eigenvalue weighted by Crippen LogP contribution is 2.29. The van der Waals surface area contributed by atoms with Crippen LogP contribution < -0.4 is 10.6 Å². The summed E-state index contributed by atoms with van der Waals surface area (Å²) in [5.74, 6) is 0.336. The summed E-state index contributed by atoms with van der Waals surface area (Å²) in [5, 5.41) is 0. The summed E-state index contributed by atoms with van der Waals surface area (Å²) in [4.78, 5) is 16.0. The minimum Gasteiger partial charge on any atom is -0.330 e. The lowest BCUT2D eigenvalue weighted by Gasteiger charge is -2.39. The zero-order valence-electron chi connectivity index (χ0n) is 12.2. The Morgan fingerprint density at radius 3 is 2.32 bits per heavy atom. The Morgan fingerprint density at radius 1 is 1.21 bits per heavy atom. The largest absolute Gasteiger partial charge is 0.330 e. The van der Waals surface area contributed by atoms with Gasteiger partial charge in [0.1, 0.15) is 0 Å². The number of carbonyl (C=O) groups excluding carboxylic acids is 1. The second kappa shape index (κ2) is 5.21. The molecular formula is C15H23N3O. The van der Waals surface area contributed by atoms with Gasteiger partial charge in [-0.05, 0) is 38.4 Å². The topological polar surface area (TPSA) is 49.6 Å². The maximum Gasteiger partial charge on any atom is 0.324 e. The molecule has 4 heteroatoms. The number of hydrogen-bond acceptors (Lipinski definition) is 2.